The molecule has 90 valence electrons. The molecule has 0 bridgehead atoms. The molecule has 0 spiro atoms. The van der Waals surface area contributed by atoms with Gasteiger partial charge in [0.2, 0.25) is 0 Å². The Bertz CT molecular complexity index is 601. The number of rotatable bonds is 3. The molecule has 5 nitrogen and oxygen atoms in total. The fourth-order valence-corrected chi connectivity index (χ4v) is 1.41. The number of carbonyl (C=O) groups is 1. The SMILES string of the molecule is N#Cc1ccc(CNC(=O)c2ccn[nH]2)c(F)c1. The van der Waals surface area contributed by atoms with Gasteiger partial charge in [-0.15, -0.1) is 0 Å². The van der Waals surface area contributed by atoms with Crippen molar-refractivity contribution >= 4 is 5.91 Å². The summed E-state index contributed by atoms with van der Waals surface area (Å²) in [5.41, 5.74) is 0.877. The van der Waals surface area contributed by atoms with Crippen LogP contribution in [-0.2, 0) is 6.54 Å². The fraction of sp³-hybridized carbons (Fsp3) is 0.0833. The fourth-order valence-electron chi connectivity index (χ4n) is 1.41. The van der Waals surface area contributed by atoms with E-state index in [1.807, 2.05) is 6.07 Å². The van der Waals surface area contributed by atoms with E-state index >= 15 is 0 Å². The summed E-state index contributed by atoms with van der Waals surface area (Å²) in [7, 11) is 0. The highest BCUT2D eigenvalue weighted by Crippen LogP contribution is 2.09. The van der Waals surface area contributed by atoms with E-state index in [-0.39, 0.29) is 18.0 Å². The molecule has 1 heterocycles. The quantitative estimate of drug-likeness (QED) is 0.855. The Labute approximate surface area is 102 Å². The molecule has 1 aromatic carbocycles. The first-order valence-electron chi connectivity index (χ1n) is 5.17. The van der Waals surface area contributed by atoms with Crippen LogP contribution in [0, 0.1) is 17.1 Å². The maximum Gasteiger partial charge on any atom is 0.269 e. The van der Waals surface area contributed by atoms with Crippen molar-refractivity contribution in [2.24, 2.45) is 0 Å². The lowest BCUT2D eigenvalue weighted by molar-refractivity contribution is 0.0945. The number of aromatic amines is 1. The third-order valence-electron chi connectivity index (χ3n) is 2.37. The highest BCUT2D eigenvalue weighted by molar-refractivity contribution is 5.92. The molecule has 0 aliphatic rings. The second kappa shape index (κ2) is 5.10. The summed E-state index contributed by atoms with van der Waals surface area (Å²) in [4.78, 5) is 11.6. The van der Waals surface area contributed by atoms with Crippen LogP contribution in [0.3, 0.4) is 0 Å². The van der Waals surface area contributed by atoms with Crippen LogP contribution in [-0.4, -0.2) is 16.1 Å². The molecule has 0 saturated heterocycles. The number of nitriles is 1. The standard InChI is InChI=1S/C12H9FN4O/c13-10-5-8(6-14)1-2-9(10)7-15-12(18)11-3-4-16-17-11/h1-5H,7H2,(H,15,18)(H,16,17). The second-order valence-corrected chi connectivity index (χ2v) is 3.57. The number of aromatic nitrogens is 2. The lowest BCUT2D eigenvalue weighted by Crippen LogP contribution is -2.23. The molecule has 0 aliphatic heterocycles. The normalized spacial score (nSPS) is 9.78. The van der Waals surface area contributed by atoms with Crippen LogP contribution < -0.4 is 5.32 Å². The van der Waals surface area contributed by atoms with Crippen molar-refractivity contribution < 1.29 is 9.18 Å². The Morgan fingerprint density at radius 2 is 2.33 bits per heavy atom. The van der Waals surface area contributed by atoms with E-state index in [0.717, 1.165) is 6.07 Å². The summed E-state index contributed by atoms with van der Waals surface area (Å²) in [5.74, 6) is -0.879. The van der Waals surface area contributed by atoms with E-state index < -0.39 is 5.82 Å². The van der Waals surface area contributed by atoms with Crippen LogP contribution in [0.2, 0.25) is 0 Å². The Hall–Kier alpha value is -2.68. The van der Waals surface area contributed by atoms with Crippen LogP contribution in [0.15, 0.2) is 30.5 Å². The second-order valence-electron chi connectivity index (χ2n) is 3.57. The zero-order valence-electron chi connectivity index (χ0n) is 9.27. The minimum atomic E-state index is -0.515. The monoisotopic (exact) mass is 244 g/mol. The van der Waals surface area contributed by atoms with Gasteiger partial charge < -0.3 is 5.32 Å². The van der Waals surface area contributed by atoms with Gasteiger partial charge in [-0.2, -0.15) is 10.4 Å². The topological polar surface area (TPSA) is 81.6 Å². The average Bonchev–Trinajstić information content (AvgIpc) is 2.90. The molecule has 18 heavy (non-hydrogen) atoms. The molecule has 0 saturated carbocycles. The van der Waals surface area contributed by atoms with Crippen LogP contribution in [0.25, 0.3) is 0 Å². The third kappa shape index (κ3) is 2.52. The Morgan fingerprint density at radius 3 is 2.94 bits per heavy atom. The predicted molar refractivity (Wildman–Crippen MR) is 60.9 cm³/mol. The number of hydrogen-bond donors (Lipinski definition) is 2. The number of nitrogens with one attached hydrogen (secondary N) is 2. The maximum absolute atomic E-state index is 13.5. The average molecular weight is 244 g/mol. The molecule has 2 aromatic rings. The number of nitrogens with zero attached hydrogens (tertiary/aromatic N) is 2. The first-order valence-corrected chi connectivity index (χ1v) is 5.17. The summed E-state index contributed by atoms with van der Waals surface area (Å²) in [5, 5.41) is 17.3. The number of amides is 1. The van der Waals surface area contributed by atoms with Crippen LogP contribution in [0.5, 0.6) is 0 Å². The maximum atomic E-state index is 13.5. The van der Waals surface area contributed by atoms with Gasteiger partial charge in [-0.3, -0.25) is 9.89 Å². The van der Waals surface area contributed by atoms with Crippen molar-refractivity contribution in [1.82, 2.24) is 15.5 Å². The highest BCUT2D eigenvalue weighted by atomic mass is 19.1. The van der Waals surface area contributed by atoms with Crippen LogP contribution >= 0.6 is 0 Å². The molecule has 0 fully saturated rings. The van der Waals surface area contributed by atoms with Crippen LogP contribution in [0.4, 0.5) is 4.39 Å². The molecule has 1 aromatic heterocycles. The molecular formula is C12H9FN4O. The van der Waals surface area contributed by atoms with Crippen molar-refractivity contribution in [2.45, 2.75) is 6.54 Å². The third-order valence-corrected chi connectivity index (χ3v) is 2.37. The first kappa shape index (κ1) is 11.8. The summed E-state index contributed by atoms with van der Waals surface area (Å²) in [6.07, 6.45) is 1.46. The number of hydrogen-bond acceptors (Lipinski definition) is 3. The van der Waals surface area contributed by atoms with E-state index in [4.69, 9.17) is 5.26 Å². The molecule has 2 rings (SSSR count). The van der Waals surface area contributed by atoms with E-state index in [1.165, 1.54) is 24.4 Å². The largest absolute Gasteiger partial charge is 0.347 e. The summed E-state index contributed by atoms with van der Waals surface area (Å²) in [6.45, 7) is 0.0510. The minimum absolute atomic E-state index is 0.0510. The molecule has 0 radical (unpaired) electrons. The molecule has 0 unspecified atom stereocenters. The zero-order valence-corrected chi connectivity index (χ0v) is 9.27. The van der Waals surface area contributed by atoms with Gasteiger partial charge in [-0.05, 0) is 18.2 Å². The molecule has 6 heteroatoms. The van der Waals surface area contributed by atoms with Gasteiger partial charge in [-0.1, -0.05) is 6.07 Å². The summed E-state index contributed by atoms with van der Waals surface area (Å²) in [6, 6.07) is 7.47. The van der Waals surface area contributed by atoms with Gasteiger partial charge in [0.25, 0.3) is 5.91 Å². The van der Waals surface area contributed by atoms with E-state index in [9.17, 15) is 9.18 Å². The lowest BCUT2D eigenvalue weighted by Gasteiger charge is -2.05. The van der Waals surface area contributed by atoms with E-state index in [1.54, 1.807) is 0 Å². The number of benzene rings is 1. The predicted octanol–water partition coefficient (Wildman–Crippen LogP) is 1.35. The van der Waals surface area contributed by atoms with Crippen LogP contribution in [0.1, 0.15) is 21.6 Å². The zero-order chi connectivity index (χ0) is 13.0. The molecular weight excluding hydrogens is 235 g/mol. The van der Waals surface area contributed by atoms with Crippen molar-refractivity contribution in [3.05, 3.63) is 53.1 Å². The Morgan fingerprint density at radius 1 is 1.50 bits per heavy atom. The number of carbonyl (C=O) groups excluding carboxylic acids is 1. The minimum Gasteiger partial charge on any atom is -0.347 e. The van der Waals surface area contributed by atoms with Gasteiger partial charge in [0, 0.05) is 18.3 Å². The van der Waals surface area contributed by atoms with Crippen molar-refractivity contribution in [3.63, 3.8) is 0 Å². The summed E-state index contributed by atoms with van der Waals surface area (Å²) >= 11 is 0. The molecule has 1 amide bonds. The van der Waals surface area contributed by atoms with E-state index in [0.29, 0.717) is 11.3 Å². The number of H-pyrrole nitrogens is 1. The molecule has 0 atom stereocenters. The summed E-state index contributed by atoms with van der Waals surface area (Å²) < 4.78 is 13.5. The van der Waals surface area contributed by atoms with Gasteiger partial charge in [-0.25, -0.2) is 4.39 Å². The Kier molecular flexibility index (Phi) is 3.34. The van der Waals surface area contributed by atoms with Gasteiger partial charge in [0.15, 0.2) is 0 Å². The van der Waals surface area contributed by atoms with E-state index in [2.05, 4.69) is 15.5 Å². The van der Waals surface area contributed by atoms with Crippen molar-refractivity contribution in [1.29, 1.82) is 5.26 Å². The smallest absolute Gasteiger partial charge is 0.269 e. The highest BCUT2D eigenvalue weighted by Gasteiger charge is 2.08. The lowest BCUT2D eigenvalue weighted by atomic mass is 10.1. The van der Waals surface area contributed by atoms with Crippen molar-refractivity contribution in [3.8, 4) is 6.07 Å². The number of halogens is 1. The Balaban J connectivity index is 2.03. The first-order chi connectivity index (χ1) is 8.70. The van der Waals surface area contributed by atoms with Gasteiger partial charge >= 0.3 is 0 Å². The van der Waals surface area contributed by atoms with Crippen molar-refractivity contribution in [2.75, 3.05) is 0 Å². The molecule has 2 N–H and O–H groups in total. The van der Waals surface area contributed by atoms with Gasteiger partial charge in [0.05, 0.1) is 11.6 Å². The molecule has 0 aliphatic carbocycles. The van der Waals surface area contributed by atoms with Gasteiger partial charge in [0.1, 0.15) is 11.5 Å².